The maximum atomic E-state index is 8.96. The van der Waals surface area contributed by atoms with E-state index in [0.717, 1.165) is 36.2 Å². The van der Waals surface area contributed by atoms with Gasteiger partial charge in [-0.15, -0.1) is 0 Å². The Kier molecular flexibility index (Phi) is 6.31. The lowest BCUT2D eigenvalue weighted by Crippen LogP contribution is -2.24. The number of hydrogen-bond donors (Lipinski definition) is 0. The summed E-state index contributed by atoms with van der Waals surface area (Å²) in [6.45, 7) is 2.29. The van der Waals surface area contributed by atoms with E-state index in [4.69, 9.17) is 10.5 Å². The minimum Gasteiger partial charge on any atom is -0.192 e. The first-order valence-electron chi connectivity index (χ1n) is 8.80. The van der Waals surface area contributed by atoms with E-state index in [1.807, 2.05) is 0 Å². The van der Waals surface area contributed by atoms with E-state index in [2.05, 4.69) is 19.1 Å². The molecule has 2 aliphatic rings. The number of nitriles is 2. The van der Waals surface area contributed by atoms with Crippen molar-refractivity contribution < 1.29 is 0 Å². The summed E-state index contributed by atoms with van der Waals surface area (Å²) in [5.41, 5.74) is 1.50. The monoisotopic (exact) mass is 284 g/mol. The zero-order valence-corrected chi connectivity index (χ0v) is 13.4. The van der Waals surface area contributed by atoms with Crippen LogP contribution in [0.5, 0.6) is 0 Å². The molecule has 0 bridgehead atoms. The molecule has 2 rings (SSSR count). The Hall–Kier alpha value is -1.28. The molecule has 114 valence electrons. The Morgan fingerprint density at radius 1 is 0.952 bits per heavy atom. The van der Waals surface area contributed by atoms with E-state index < -0.39 is 0 Å². The number of allylic oxidation sites excluding steroid dienone is 2. The topological polar surface area (TPSA) is 47.6 Å². The van der Waals surface area contributed by atoms with Crippen molar-refractivity contribution in [3.8, 4) is 12.1 Å². The summed E-state index contributed by atoms with van der Waals surface area (Å²) in [6, 6.07) is 4.12. The Balaban J connectivity index is 1.78. The zero-order chi connectivity index (χ0) is 15.1. The molecule has 0 spiro atoms. The van der Waals surface area contributed by atoms with E-state index in [1.54, 1.807) is 0 Å². The summed E-state index contributed by atoms with van der Waals surface area (Å²) in [5, 5.41) is 17.9. The highest BCUT2D eigenvalue weighted by molar-refractivity contribution is 5.40. The molecule has 2 saturated carbocycles. The van der Waals surface area contributed by atoms with Gasteiger partial charge < -0.3 is 0 Å². The fourth-order valence-corrected chi connectivity index (χ4v) is 4.33. The van der Waals surface area contributed by atoms with Crippen LogP contribution >= 0.6 is 0 Å². The van der Waals surface area contributed by atoms with Gasteiger partial charge in [0.15, 0.2) is 0 Å². The van der Waals surface area contributed by atoms with Crippen LogP contribution in [0.2, 0.25) is 0 Å². The molecule has 0 unspecified atom stereocenters. The Labute approximate surface area is 129 Å². The van der Waals surface area contributed by atoms with E-state index >= 15 is 0 Å². The summed E-state index contributed by atoms with van der Waals surface area (Å²) in [4.78, 5) is 0. The molecule has 2 fully saturated rings. The third-order valence-electron chi connectivity index (χ3n) is 5.73. The highest BCUT2D eigenvalue weighted by Gasteiger charge is 2.29. The van der Waals surface area contributed by atoms with Crippen LogP contribution in [0.25, 0.3) is 0 Å². The summed E-state index contributed by atoms with van der Waals surface area (Å²) >= 11 is 0. The smallest absolute Gasteiger partial charge is 0.128 e. The second kappa shape index (κ2) is 8.23. The van der Waals surface area contributed by atoms with Crippen LogP contribution in [0, 0.1) is 40.4 Å². The third-order valence-corrected chi connectivity index (χ3v) is 5.73. The second-order valence-electron chi connectivity index (χ2n) is 6.96. The molecular formula is C19H28N2. The minimum atomic E-state index is 0.386. The van der Waals surface area contributed by atoms with Crippen molar-refractivity contribution >= 4 is 0 Å². The van der Waals surface area contributed by atoms with Crippen LogP contribution in [-0.2, 0) is 0 Å². The van der Waals surface area contributed by atoms with Gasteiger partial charge in [0.05, 0.1) is 0 Å². The van der Waals surface area contributed by atoms with Crippen molar-refractivity contribution in [2.45, 2.75) is 77.6 Å². The van der Waals surface area contributed by atoms with Crippen LogP contribution in [0.4, 0.5) is 0 Å². The Morgan fingerprint density at radius 3 is 2.05 bits per heavy atom. The molecule has 0 aromatic heterocycles. The second-order valence-corrected chi connectivity index (χ2v) is 6.96. The van der Waals surface area contributed by atoms with Crippen molar-refractivity contribution in [1.29, 1.82) is 10.5 Å². The van der Waals surface area contributed by atoms with Gasteiger partial charge in [0.25, 0.3) is 0 Å². The summed E-state index contributed by atoms with van der Waals surface area (Å²) in [6.07, 6.45) is 14.2. The van der Waals surface area contributed by atoms with Gasteiger partial charge in [-0.3, -0.25) is 0 Å². The maximum Gasteiger partial charge on any atom is 0.128 e. The molecule has 0 amide bonds. The zero-order valence-electron chi connectivity index (χ0n) is 13.4. The first kappa shape index (κ1) is 16.1. The molecule has 0 aromatic rings. The molecular weight excluding hydrogens is 256 g/mol. The summed E-state index contributed by atoms with van der Waals surface area (Å²) in [5.74, 6) is 2.75. The van der Waals surface area contributed by atoms with E-state index in [-0.39, 0.29) is 0 Å². The molecule has 21 heavy (non-hydrogen) atoms. The highest BCUT2D eigenvalue weighted by atomic mass is 14.4. The molecule has 2 aliphatic carbocycles. The van der Waals surface area contributed by atoms with Crippen LogP contribution < -0.4 is 0 Å². The lowest BCUT2D eigenvalue weighted by Gasteiger charge is -2.36. The molecule has 0 aliphatic heterocycles. The molecule has 0 aromatic carbocycles. The van der Waals surface area contributed by atoms with Gasteiger partial charge >= 0.3 is 0 Å². The van der Waals surface area contributed by atoms with Gasteiger partial charge in [-0.25, -0.2) is 0 Å². The average molecular weight is 284 g/mol. The molecule has 2 heteroatoms. The molecule has 2 nitrogen and oxygen atoms in total. The number of unbranched alkanes of at least 4 members (excludes halogenated alkanes) is 1. The highest BCUT2D eigenvalue weighted by Crippen LogP contribution is 2.42. The molecule has 0 radical (unpaired) electrons. The Bertz CT molecular complexity index is 415. The number of rotatable bonds is 4. The molecule has 0 N–H and O–H groups in total. The predicted molar refractivity (Wildman–Crippen MR) is 85.2 cm³/mol. The van der Waals surface area contributed by atoms with E-state index in [0.29, 0.717) is 5.57 Å². The van der Waals surface area contributed by atoms with Gasteiger partial charge in [0.1, 0.15) is 17.7 Å². The van der Waals surface area contributed by atoms with Crippen molar-refractivity contribution in [2.75, 3.05) is 0 Å². The third kappa shape index (κ3) is 4.34. The number of hydrogen-bond acceptors (Lipinski definition) is 2. The van der Waals surface area contributed by atoms with Gasteiger partial charge in [-0.1, -0.05) is 39.0 Å². The van der Waals surface area contributed by atoms with Crippen LogP contribution in [0.15, 0.2) is 11.1 Å². The van der Waals surface area contributed by atoms with Gasteiger partial charge in [-0.05, 0) is 61.9 Å². The standard InChI is InChI=1S/C19H28N2/c1-2-3-4-15-5-7-16(8-6-15)17-9-11-18(12-10-17)19(13-20)14-21/h15-17H,2-12H2,1H3. The molecule has 0 saturated heterocycles. The van der Waals surface area contributed by atoms with Gasteiger partial charge in [0.2, 0.25) is 0 Å². The van der Waals surface area contributed by atoms with Crippen LogP contribution in [0.1, 0.15) is 77.6 Å². The summed E-state index contributed by atoms with van der Waals surface area (Å²) in [7, 11) is 0. The Morgan fingerprint density at radius 2 is 1.52 bits per heavy atom. The van der Waals surface area contributed by atoms with Crippen molar-refractivity contribution in [1.82, 2.24) is 0 Å². The van der Waals surface area contributed by atoms with Crippen molar-refractivity contribution in [3.05, 3.63) is 11.1 Å². The normalized spacial score (nSPS) is 29.5. The lowest BCUT2D eigenvalue weighted by molar-refractivity contribution is 0.173. The van der Waals surface area contributed by atoms with Crippen LogP contribution in [-0.4, -0.2) is 0 Å². The fraction of sp³-hybridized carbons (Fsp3) is 0.789. The molecule has 0 atom stereocenters. The summed E-state index contributed by atoms with van der Waals surface area (Å²) < 4.78 is 0. The average Bonchev–Trinajstić information content (AvgIpc) is 2.55. The minimum absolute atomic E-state index is 0.386. The van der Waals surface area contributed by atoms with Gasteiger partial charge in [0, 0.05) is 0 Å². The van der Waals surface area contributed by atoms with Crippen LogP contribution in [0.3, 0.4) is 0 Å². The quantitative estimate of drug-likeness (QED) is 0.638. The lowest BCUT2D eigenvalue weighted by atomic mass is 9.69. The largest absolute Gasteiger partial charge is 0.192 e. The fourth-order valence-electron chi connectivity index (χ4n) is 4.33. The number of nitrogens with zero attached hydrogens (tertiary/aromatic N) is 2. The van der Waals surface area contributed by atoms with Gasteiger partial charge in [-0.2, -0.15) is 10.5 Å². The van der Waals surface area contributed by atoms with Crippen molar-refractivity contribution in [3.63, 3.8) is 0 Å². The maximum absolute atomic E-state index is 8.96. The van der Waals surface area contributed by atoms with Crippen molar-refractivity contribution in [2.24, 2.45) is 17.8 Å². The SMILES string of the molecule is CCCCC1CCC(C2CCC(=C(C#N)C#N)CC2)CC1. The first-order valence-corrected chi connectivity index (χ1v) is 8.80. The first-order chi connectivity index (χ1) is 10.3. The van der Waals surface area contributed by atoms with E-state index in [1.165, 1.54) is 57.8 Å². The molecule has 0 heterocycles. The predicted octanol–water partition coefficient (Wildman–Crippen LogP) is 5.52. The van der Waals surface area contributed by atoms with E-state index in [9.17, 15) is 0 Å².